The summed E-state index contributed by atoms with van der Waals surface area (Å²) in [6.07, 6.45) is 3.66. The van der Waals surface area contributed by atoms with Crippen LogP contribution in [0.4, 0.5) is 0 Å². The second-order valence-electron chi connectivity index (χ2n) is 2.86. The van der Waals surface area contributed by atoms with Crippen molar-refractivity contribution in [3.8, 4) is 5.75 Å². The zero-order valence-electron chi connectivity index (χ0n) is 7.40. The Bertz CT molecular complexity index is 440. The maximum atomic E-state index is 5.59. The van der Waals surface area contributed by atoms with Crippen LogP contribution in [-0.4, -0.2) is 7.11 Å². The van der Waals surface area contributed by atoms with Crippen molar-refractivity contribution in [2.24, 2.45) is 0 Å². The van der Waals surface area contributed by atoms with Crippen molar-refractivity contribution in [3.05, 3.63) is 36.7 Å². The fourth-order valence-electron chi connectivity index (χ4n) is 1.39. The first-order valence-electron chi connectivity index (χ1n) is 4.04. The normalized spacial score (nSPS) is 10.2. The number of ether oxygens (including phenoxy) is 1. The first kappa shape index (κ1) is 7.86. The molecule has 0 aliphatic rings. The molecule has 3 nitrogen and oxygen atoms in total. The molecule has 0 aliphatic carbocycles. The smallest absolute Gasteiger partial charge is 0.207 e. The van der Waals surface area contributed by atoms with Gasteiger partial charge in [0.1, 0.15) is 5.75 Å². The second-order valence-corrected chi connectivity index (χ2v) is 2.86. The summed E-state index contributed by atoms with van der Waals surface area (Å²) in [5.41, 5.74) is 0. The van der Waals surface area contributed by atoms with Gasteiger partial charge in [-0.25, -0.2) is 5.84 Å². The molecule has 66 valence electrons. The number of nitrogen functional groups attached to an aromatic ring is 1. The number of nitrogens with two attached hydrogens (primary N) is 1. The van der Waals surface area contributed by atoms with E-state index in [9.17, 15) is 0 Å². The summed E-state index contributed by atoms with van der Waals surface area (Å²) >= 11 is 0. The summed E-state index contributed by atoms with van der Waals surface area (Å²) in [6.45, 7) is 0. The Labute approximate surface area is 76.3 Å². The lowest BCUT2D eigenvalue weighted by atomic mass is 10.1. The summed E-state index contributed by atoms with van der Waals surface area (Å²) in [7, 11) is 1.66. The van der Waals surface area contributed by atoms with E-state index in [0.29, 0.717) is 0 Å². The fourth-order valence-corrected chi connectivity index (χ4v) is 1.39. The lowest BCUT2D eigenvalue weighted by molar-refractivity contribution is -0.637. The maximum absolute atomic E-state index is 5.59. The molecule has 0 atom stereocenters. The highest BCUT2D eigenvalue weighted by Crippen LogP contribution is 2.22. The number of hydrogen-bond acceptors (Lipinski definition) is 2. The van der Waals surface area contributed by atoms with Gasteiger partial charge in [0.25, 0.3) is 0 Å². The van der Waals surface area contributed by atoms with E-state index in [2.05, 4.69) is 0 Å². The third-order valence-electron chi connectivity index (χ3n) is 2.02. The highest BCUT2D eigenvalue weighted by atomic mass is 16.5. The number of pyridine rings is 1. The van der Waals surface area contributed by atoms with Gasteiger partial charge >= 0.3 is 0 Å². The number of aromatic nitrogens is 1. The Kier molecular flexibility index (Phi) is 1.77. The SMILES string of the molecule is COc1cccc2c[n+](N)ccc12. The molecular weight excluding hydrogens is 164 g/mol. The number of rotatable bonds is 1. The van der Waals surface area contributed by atoms with Crippen LogP contribution in [0, 0.1) is 0 Å². The first-order valence-corrected chi connectivity index (χ1v) is 4.04. The predicted molar refractivity (Wildman–Crippen MR) is 50.8 cm³/mol. The molecule has 0 aliphatic heterocycles. The Morgan fingerprint density at radius 1 is 1.31 bits per heavy atom. The lowest BCUT2D eigenvalue weighted by Crippen LogP contribution is -2.43. The molecule has 2 rings (SSSR count). The minimum atomic E-state index is 0.873. The number of benzene rings is 1. The van der Waals surface area contributed by atoms with Gasteiger partial charge in [0.15, 0.2) is 6.20 Å². The Hall–Kier alpha value is -1.77. The summed E-state index contributed by atoms with van der Waals surface area (Å²) in [5.74, 6) is 6.46. The van der Waals surface area contributed by atoms with Gasteiger partial charge in [-0.1, -0.05) is 10.7 Å². The molecule has 0 saturated carbocycles. The van der Waals surface area contributed by atoms with Crippen LogP contribution in [0.1, 0.15) is 0 Å². The van der Waals surface area contributed by atoms with Crippen molar-refractivity contribution >= 4 is 10.8 Å². The number of hydrogen-bond donors (Lipinski definition) is 1. The molecule has 2 N–H and O–H groups in total. The maximum Gasteiger partial charge on any atom is 0.207 e. The van der Waals surface area contributed by atoms with E-state index < -0.39 is 0 Å². The molecule has 0 radical (unpaired) electrons. The number of nitrogens with zero attached hydrogens (tertiary/aromatic N) is 1. The average Bonchev–Trinajstić information content (AvgIpc) is 2.16. The third kappa shape index (κ3) is 1.28. The van der Waals surface area contributed by atoms with Gasteiger partial charge in [-0.2, -0.15) is 0 Å². The van der Waals surface area contributed by atoms with Crippen LogP contribution in [0.25, 0.3) is 10.8 Å². The van der Waals surface area contributed by atoms with Crippen LogP contribution in [0.2, 0.25) is 0 Å². The van der Waals surface area contributed by atoms with E-state index in [-0.39, 0.29) is 0 Å². The van der Waals surface area contributed by atoms with Crippen molar-refractivity contribution in [2.75, 3.05) is 13.0 Å². The molecule has 13 heavy (non-hydrogen) atoms. The number of methoxy groups -OCH3 is 1. The Morgan fingerprint density at radius 2 is 2.15 bits per heavy atom. The minimum absolute atomic E-state index is 0.873. The van der Waals surface area contributed by atoms with Gasteiger partial charge < -0.3 is 4.74 Å². The predicted octanol–water partition coefficient (Wildman–Crippen LogP) is 0.850. The van der Waals surface area contributed by atoms with E-state index in [1.165, 1.54) is 4.68 Å². The van der Waals surface area contributed by atoms with E-state index in [0.717, 1.165) is 16.5 Å². The Balaban J connectivity index is 2.77. The van der Waals surface area contributed by atoms with Crippen LogP contribution in [0.3, 0.4) is 0 Å². The largest absolute Gasteiger partial charge is 0.496 e. The van der Waals surface area contributed by atoms with Crippen molar-refractivity contribution in [1.82, 2.24) is 0 Å². The van der Waals surface area contributed by atoms with Crippen molar-refractivity contribution in [2.45, 2.75) is 0 Å². The van der Waals surface area contributed by atoms with Crippen LogP contribution in [-0.2, 0) is 0 Å². The number of fused-ring (bicyclic) bond motifs is 1. The zero-order chi connectivity index (χ0) is 9.26. The fraction of sp³-hybridized carbons (Fsp3) is 0.100. The van der Waals surface area contributed by atoms with E-state index in [1.807, 2.05) is 30.5 Å². The molecule has 2 aromatic rings. The summed E-state index contributed by atoms with van der Waals surface area (Å²) in [5, 5.41) is 2.15. The van der Waals surface area contributed by atoms with Crippen molar-refractivity contribution in [1.29, 1.82) is 0 Å². The van der Waals surface area contributed by atoms with Gasteiger partial charge in [0.05, 0.1) is 12.5 Å². The molecule has 0 fully saturated rings. The topological polar surface area (TPSA) is 39.1 Å². The van der Waals surface area contributed by atoms with Crippen molar-refractivity contribution < 1.29 is 9.41 Å². The molecule has 0 saturated heterocycles. The summed E-state index contributed by atoms with van der Waals surface area (Å²) < 4.78 is 6.75. The molecule has 1 aromatic carbocycles. The monoisotopic (exact) mass is 175 g/mol. The quantitative estimate of drug-likeness (QED) is 0.515. The first-order chi connectivity index (χ1) is 6.31. The summed E-state index contributed by atoms with van der Waals surface area (Å²) in [4.78, 5) is 0. The van der Waals surface area contributed by atoms with Gasteiger partial charge in [-0.05, 0) is 12.1 Å². The van der Waals surface area contributed by atoms with E-state index >= 15 is 0 Å². The molecule has 1 aromatic heterocycles. The van der Waals surface area contributed by atoms with Gasteiger partial charge in [0, 0.05) is 11.5 Å². The molecule has 3 heteroatoms. The molecule has 0 bridgehead atoms. The lowest BCUT2D eigenvalue weighted by Gasteiger charge is -2.02. The minimum Gasteiger partial charge on any atom is -0.496 e. The Morgan fingerprint density at radius 3 is 2.92 bits per heavy atom. The summed E-state index contributed by atoms with van der Waals surface area (Å²) in [6, 6.07) is 7.82. The second kappa shape index (κ2) is 2.94. The molecule has 0 spiro atoms. The molecule has 1 heterocycles. The van der Waals surface area contributed by atoms with Gasteiger partial charge in [-0.15, -0.1) is 0 Å². The van der Waals surface area contributed by atoms with E-state index in [4.69, 9.17) is 10.6 Å². The van der Waals surface area contributed by atoms with Crippen LogP contribution >= 0.6 is 0 Å². The van der Waals surface area contributed by atoms with Crippen molar-refractivity contribution in [3.63, 3.8) is 0 Å². The van der Waals surface area contributed by atoms with Gasteiger partial charge in [-0.3, -0.25) is 0 Å². The van der Waals surface area contributed by atoms with E-state index in [1.54, 1.807) is 13.3 Å². The van der Waals surface area contributed by atoms with Gasteiger partial charge in [0.2, 0.25) is 6.20 Å². The van der Waals surface area contributed by atoms with Crippen LogP contribution < -0.4 is 15.3 Å². The van der Waals surface area contributed by atoms with Crippen LogP contribution in [0.5, 0.6) is 5.75 Å². The zero-order valence-corrected chi connectivity index (χ0v) is 7.40. The third-order valence-corrected chi connectivity index (χ3v) is 2.02. The molecular formula is C10H11N2O+. The molecule has 0 unspecified atom stereocenters. The highest BCUT2D eigenvalue weighted by Gasteiger charge is 2.03. The average molecular weight is 175 g/mol. The molecule has 0 amide bonds. The van der Waals surface area contributed by atoms with Crippen LogP contribution in [0.15, 0.2) is 36.7 Å². The highest BCUT2D eigenvalue weighted by molar-refractivity contribution is 5.86. The standard InChI is InChI=1S/C10H11N2O/c1-13-10-4-2-3-8-7-12(11)6-5-9(8)10/h2-7H,11H2,1H3/q+1.